The molecule has 1 aromatic heterocycles. The molecule has 0 unspecified atom stereocenters. The summed E-state index contributed by atoms with van der Waals surface area (Å²) < 4.78 is 62.3. The molecule has 0 aliphatic rings. The van der Waals surface area contributed by atoms with E-state index >= 15 is 0 Å². The van der Waals surface area contributed by atoms with Crippen LogP contribution in [0.2, 0.25) is 0 Å². The van der Waals surface area contributed by atoms with E-state index in [9.17, 15) is 22.4 Å². The van der Waals surface area contributed by atoms with Gasteiger partial charge in [-0.2, -0.15) is 0 Å². The number of ether oxygens (including phenoxy) is 3. The molecule has 0 spiro atoms. The van der Waals surface area contributed by atoms with Crippen LogP contribution in [0.15, 0.2) is 6.07 Å². The van der Waals surface area contributed by atoms with Crippen LogP contribution < -0.4 is 9.47 Å². The molecule has 0 atom stereocenters. The molecule has 0 aromatic carbocycles. The van der Waals surface area contributed by atoms with E-state index in [2.05, 4.69) is 19.2 Å². The Labute approximate surface area is 111 Å². The summed E-state index contributed by atoms with van der Waals surface area (Å²) in [6.45, 7) is -1.24. The molecule has 0 saturated heterocycles. The van der Waals surface area contributed by atoms with Crippen molar-refractivity contribution < 1.29 is 36.6 Å². The smallest absolute Gasteiger partial charge is 0.478 e. The van der Waals surface area contributed by atoms with Crippen molar-refractivity contribution in [1.29, 1.82) is 0 Å². The van der Waals surface area contributed by atoms with Gasteiger partial charge >= 0.3 is 12.3 Å². The maximum atomic E-state index is 12.8. The molecule has 112 valence electrons. The summed E-state index contributed by atoms with van der Waals surface area (Å²) in [6, 6.07) is 0.987. The highest BCUT2D eigenvalue weighted by atomic mass is 19.4. The minimum absolute atomic E-state index is 0.0101. The molecule has 9 heteroatoms. The third-order valence-corrected chi connectivity index (χ3v) is 2.18. The van der Waals surface area contributed by atoms with Crippen LogP contribution in [0.25, 0.3) is 0 Å². The Bertz CT molecular complexity index is 465. The van der Waals surface area contributed by atoms with E-state index in [-0.39, 0.29) is 12.1 Å². The summed E-state index contributed by atoms with van der Waals surface area (Å²) in [4.78, 5) is 14.7. The molecule has 0 amide bonds. The average Bonchev–Trinajstić information content (AvgIpc) is 2.38. The van der Waals surface area contributed by atoms with E-state index in [0.717, 1.165) is 20.3 Å². The number of hydrogen-bond acceptors (Lipinski definition) is 5. The van der Waals surface area contributed by atoms with Gasteiger partial charge in [0.15, 0.2) is 5.75 Å². The second-order valence-corrected chi connectivity index (χ2v) is 3.55. The molecular formula is C11H11F4NO4. The van der Waals surface area contributed by atoms with Crippen LogP contribution in [0, 0.1) is 0 Å². The number of esters is 1. The molecule has 0 aliphatic heterocycles. The molecule has 0 bridgehead atoms. The van der Waals surface area contributed by atoms with Gasteiger partial charge in [0.2, 0.25) is 0 Å². The minimum atomic E-state index is -5.01. The maximum Gasteiger partial charge on any atom is 0.573 e. The second-order valence-electron chi connectivity index (χ2n) is 3.55. The molecule has 5 nitrogen and oxygen atoms in total. The Morgan fingerprint density at radius 1 is 1.35 bits per heavy atom. The molecular weight excluding hydrogens is 286 g/mol. The summed E-state index contributed by atoms with van der Waals surface area (Å²) in [5.74, 6) is -2.10. The quantitative estimate of drug-likeness (QED) is 0.616. The van der Waals surface area contributed by atoms with Gasteiger partial charge in [-0.15, -0.1) is 13.2 Å². The fourth-order valence-corrected chi connectivity index (χ4v) is 1.39. The molecule has 0 aliphatic carbocycles. The van der Waals surface area contributed by atoms with Crippen molar-refractivity contribution in [3.8, 4) is 11.6 Å². The highest BCUT2D eigenvalue weighted by Gasteiger charge is 2.34. The molecule has 20 heavy (non-hydrogen) atoms. The van der Waals surface area contributed by atoms with E-state index < -0.39 is 36.2 Å². The van der Waals surface area contributed by atoms with Crippen LogP contribution in [0.5, 0.6) is 11.6 Å². The number of halogens is 4. The highest BCUT2D eigenvalue weighted by Crippen LogP contribution is 2.35. The average molecular weight is 297 g/mol. The van der Waals surface area contributed by atoms with E-state index in [0.29, 0.717) is 0 Å². The van der Waals surface area contributed by atoms with Gasteiger partial charge in [0.25, 0.3) is 5.88 Å². The Morgan fingerprint density at radius 3 is 2.45 bits per heavy atom. The van der Waals surface area contributed by atoms with Crippen molar-refractivity contribution in [3.05, 3.63) is 17.3 Å². The second kappa shape index (κ2) is 6.40. The predicted molar refractivity (Wildman–Crippen MR) is 58.0 cm³/mol. The van der Waals surface area contributed by atoms with E-state index in [4.69, 9.17) is 0 Å². The van der Waals surface area contributed by atoms with Crippen molar-refractivity contribution >= 4 is 5.97 Å². The summed E-state index contributed by atoms with van der Waals surface area (Å²) >= 11 is 0. The Hall–Kier alpha value is -2.06. The maximum absolute atomic E-state index is 12.8. The normalized spacial score (nSPS) is 11.1. The van der Waals surface area contributed by atoms with Crippen LogP contribution in [-0.4, -0.2) is 31.5 Å². The zero-order valence-corrected chi connectivity index (χ0v) is 10.6. The van der Waals surface area contributed by atoms with Crippen molar-refractivity contribution in [2.24, 2.45) is 0 Å². The summed E-state index contributed by atoms with van der Waals surface area (Å²) in [5.41, 5.74) is -0.413. The zero-order chi connectivity index (χ0) is 15.3. The van der Waals surface area contributed by atoms with Crippen LogP contribution in [0.3, 0.4) is 0 Å². The molecule has 0 radical (unpaired) electrons. The van der Waals surface area contributed by atoms with Crippen molar-refractivity contribution in [1.82, 2.24) is 4.98 Å². The molecule has 0 fully saturated rings. The van der Waals surface area contributed by atoms with E-state index in [1.54, 1.807) is 0 Å². The number of nitrogens with zero attached hydrogens (tertiary/aromatic N) is 1. The van der Waals surface area contributed by atoms with Crippen LogP contribution in [0.4, 0.5) is 17.6 Å². The number of alkyl halides is 4. The van der Waals surface area contributed by atoms with Gasteiger partial charge in [-0.3, -0.25) is 4.79 Å². The van der Waals surface area contributed by atoms with Crippen LogP contribution in [0.1, 0.15) is 11.3 Å². The van der Waals surface area contributed by atoms with Gasteiger partial charge in [-0.05, 0) is 6.07 Å². The lowest BCUT2D eigenvalue weighted by atomic mass is 10.2. The molecule has 0 saturated carbocycles. The first kappa shape index (κ1) is 16.0. The fraction of sp³-hybridized carbons (Fsp3) is 0.455. The third-order valence-electron chi connectivity index (χ3n) is 2.18. The summed E-state index contributed by atoms with van der Waals surface area (Å²) in [7, 11) is 2.19. The first-order valence-corrected chi connectivity index (χ1v) is 5.26. The lowest BCUT2D eigenvalue weighted by Gasteiger charge is -2.15. The number of carbonyl (C=O) groups is 1. The third kappa shape index (κ3) is 4.25. The van der Waals surface area contributed by atoms with Crippen molar-refractivity contribution in [2.75, 3.05) is 14.2 Å². The lowest BCUT2D eigenvalue weighted by Crippen LogP contribution is -2.19. The number of pyridine rings is 1. The minimum Gasteiger partial charge on any atom is -0.478 e. The van der Waals surface area contributed by atoms with E-state index in [1.165, 1.54) is 0 Å². The van der Waals surface area contributed by atoms with Gasteiger partial charge < -0.3 is 14.2 Å². The molecule has 1 rings (SSSR count). The Kier molecular flexibility index (Phi) is 5.12. The van der Waals surface area contributed by atoms with Gasteiger partial charge in [0.1, 0.15) is 6.67 Å². The number of hydrogen-bond donors (Lipinski definition) is 0. The monoisotopic (exact) mass is 297 g/mol. The van der Waals surface area contributed by atoms with Gasteiger partial charge in [0, 0.05) is 5.56 Å². The number of carbonyl (C=O) groups excluding carboxylic acids is 1. The first-order chi connectivity index (χ1) is 9.30. The largest absolute Gasteiger partial charge is 0.573 e. The molecule has 1 aromatic rings. The Balaban J connectivity index is 3.21. The van der Waals surface area contributed by atoms with Crippen molar-refractivity contribution in [3.63, 3.8) is 0 Å². The van der Waals surface area contributed by atoms with Crippen LogP contribution >= 0.6 is 0 Å². The number of aromatic nitrogens is 1. The van der Waals surface area contributed by atoms with Crippen molar-refractivity contribution in [2.45, 2.75) is 19.5 Å². The number of methoxy groups -OCH3 is 2. The topological polar surface area (TPSA) is 57.7 Å². The zero-order valence-electron chi connectivity index (χ0n) is 10.6. The SMILES string of the molecule is COC(=O)Cc1cc(CF)c(OC(F)(F)F)c(OC)n1. The summed E-state index contributed by atoms with van der Waals surface area (Å²) in [6.07, 6.45) is -5.34. The van der Waals surface area contributed by atoms with Crippen LogP contribution in [-0.2, 0) is 22.6 Å². The number of rotatable bonds is 5. The van der Waals surface area contributed by atoms with E-state index in [1.807, 2.05) is 0 Å². The molecule has 0 N–H and O–H groups in total. The highest BCUT2D eigenvalue weighted by molar-refractivity contribution is 5.72. The van der Waals surface area contributed by atoms with Gasteiger partial charge in [0.05, 0.1) is 26.3 Å². The van der Waals surface area contributed by atoms with Gasteiger partial charge in [-0.1, -0.05) is 0 Å². The Morgan fingerprint density at radius 2 is 2.00 bits per heavy atom. The lowest BCUT2D eigenvalue weighted by molar-refractivity contribution is -0.275. The molecule has 1 heterocycles. The van der Waals surface area contributed by atoms with Gasteiger partial charge in [-0.25, -0.2) is 9.37 Å². The fourth-order valence-electron chi connectivity index (χ4n) is 1.39. The predicted octanol–water partition coefficient (Wildman–Crippen LogP) is 2.17. The standard InChI is InChI=1S/C11H11F4NO4/c1-18-8(17)4-7-3-6(5-12)9(10(16-7)19-2)20-11(13,14)15/h3H,4-5H2,1-2H3. The summed E-state index contributed by atoms with van der Waals surface area (Å²) in [5, 5.41) is 0. The first-order valence-electron chi connectivity index (χ1n) is 5.26.